The number of carbonyl (C=O) groups excluding carboxylic acids is 1. The minimum absolute atomic E-state index is 0.178. The van der Waals surface area contributed by atoms with Gasteiger partial charge in [-0.3, -0.25) is 14.6 Å². The highest BCUT2D eigenvalue weighted by Gasteiger charge is 2.24. The number of aromatic nitrogens is 2. The second kappa shape index (κ2) is 8.09. The van der Waals surface area contributed by atoms with E-state index in [2.05, 4.69) is 20.2 Å². The number of rotatable bonds is 6. The number of carbonyl (C=O) groups is 1. The number of sulfonamides is 1. The summed E-state index contributed by atoms with van der Waals surface area (Å²) in [7, 11) is -7.97. The van der Waals surface area contributed by atoms with E-state index in [4.69, 9.17) is 0 Å². The van der Waals surface area contributed by atoms with E-state index in [-0.39, 0.29) is 27.2 Å². The van der Waals surface area contributed by atoms with Crippen LogP contribution in [0.5, 0.6) is 0 Å². The lowest BCUT2D eigenvalue weighted by Gasteiger charge is -2.11. The number of nitrogens with one attached hydrogen (secondary N) is 3. The maximum atomic E-state index is 12.9. The van der Waals surface area contributed by atoms with E-state index < -0.39 is 19.9 Å². The standard InChI is InChI=1S/C21H18N4O5S2/c1-31(27,28)18-9-5-6-10-19(18)32(29,30)25-15-11-12-17-16(13-15)20(24-23-17)22-21(26)14-7-3-2-4-8-14/h2-13,25H,1H3,(H2,22,23,24,26). The molecule has 0 aliphatic rings. The lowest BCUT2D eigenvalue weighted by Crippen LogP contribution is -2.16. The molecule has 32 heavy (non-hydrogen) atoms. The highest BCUT2D eigenvalue weighted by molar-refractivity contribution is 7.95. The average molecular weight is 471 g/mol. The Morgan fingerprint density at radius 1 is 0.875 bits per heavy atom. The Hall–Kier alpha value is -3.70. The van der Waals surface area contributed by atoms with Crippen molar-refractivity contribution in [3.8, 4) is 0 Å². The average Bonchev–Trinajstić information content (AvgIpc) is 3.15. The molecule has 0 atom stereocenters. The normalized spacial score (nSPS) is 11.9. The number of sulfone groups is 1. The van der Waals surface area contributed by atoms with Gasteiger partial charge < -0.3 is 5.32 Å². The molecule has 4 aromatic rings. The number of hydrogen-bond acceptors (Lipinski definition) is 6. The fraction of sp³-hybridized carbons (Fsp3) is 0.0476. The monoisotopic (exact) mass is 470 g/mol. The summed E-state index contributed by atoms with van der Waals surface area (Å²) in [5.41, 5.74) is 1.20. The molecule has 9 nitrogen and oxygen atoms in total. The molecule has 0 saturated carbocycles. The van der Waals surface area contributed by atoms with Crippen LogP contribution >= 0.6 is 0 Å². The first-order valence-corrected chi connectivity index (χ1v) is 12.7. The van der Waals surface area contributed by atoms with Crippen LogP contribution in [-0.2, 0) is 19.9 Å². The second-order valence-electron chi connectivity index (χ2n) is 6.98. The summed E-state index contributed by atoms with van der Waals surface area (Å²) in [6, 6.07) is 18.5. The van der Waals surface area contributed by atoms with Crippen molar-refractivity contribution in [1.82, 2.24) is 10.2 Å². The fourth-order valence-corrected chi connectivity index (χ4v) is 5.81. The maximum absolute atomic E-state index is 12.9. The van der Waals surface area contributed by atoms with Gasteiger partial charge in [0.2, 0.25) is 0 Å². The van der Waals surface area contributed by atoms with E-state index in [0.717, 1.165) is 6.26 Å². The number of amides is 1. The Morgan fingerprint density at radius 2 is 1.53 bits per heavy atom. The van der Waals surface area contributed by atoms with E-state index >= 15 is 0 Å². The SMILES string of the molecule is CS(=O)(=O)c1ccccc1S(=O)(=O)Nc1ccc2[nH]nc(NC(=O)c3ccccc3)c2c1. The molecule has 11 heteroatoms. The molecule has 0 spiro atoms. The van der Waals surface area contributed by atoms with Crippen LogP contribution in [0, 0.1) is 0 Å². The summed E-state index contributed by atoms with van der Waals surface area (Å²) in [5, 5.41) is 10.0. The van der Waals surface area contributed by atoms with Crippen molar-refractivity contribution in [1.29, 1.82) is 0 Å². The highest BCUT2D eigenvalue weighted by Crippen LogP contribution is 2.28. The van der Waals surface area contributed by atoms with Gasteiger partial charge in [-0.25, -0.2) is 16.8 Å². The van der Waals surface area contributed by atoms with Crippen LogP contribution in [0.25, 0.3) is 10.9 Å². The van der Waals surface area contributed by atoms with Crippen LogP contribution in [0.4, 0.5) is 11.5 Å². The lowest BCUT2D eigenvalue weighted by atomic mass is 10.2. The van der Waals surface area contributed by atoms with Gasteiger partial charge in [0.05, 0.1) is 10.4 Å². The smallest absolute Gasteiger partial charge is 0.263 e. The molecule has 0 saturated heterocycles. The van der Waals surface area contributed by atoms with Crippen LogP contribution in [0.2, 0.25) is 0 Å². The van der Waals surface area contributed by atoms with E-state index in [1.165, 1.54) is 36.4 Å². The predicted molar refractivity (Wildman–Crippen MR) is 121 cm³/mol. The van der Waals surface area contributed by atoms with Gasteiger partial charge in [-0.2, -0.15) is 5.10 Å². The van der Waals surface area contributed by atoms with Gasteiger partial charge in [-0.05, 0) is 42.5 Å². The zero-order chi connectivity index (χ0) is 22.9. The predicted octanol–water partition coefficient (Wildman–Crippen LogP) is 3.02. The van der Waals surface area contributed by atoms with Gasteiger partial charge in [-0.15, -0.1) is 0 Å². The molecular weight excluding hydrogens is 452 g/mol. The summed E-state index contributed by atoms with van der Waals surface area (Å²) < 4.78 is 52.3. The Morgan fingerprint density at radius 3 is 2.22 bits per heavy atom. The summed E-state index contributed by atoms with van der Waals surface area (Å²) >= 11 is 0. The zero-order valence-electron chi connectivity index (χ0n) is 16.7. The quantitative estimate of drug-likeness (QED) is 0.396. The van der Waals surface area contributed by atoms with E-state index in [9.17, 15) is 21.6 Å². The van der Waals surface area contributed by atoms with Crippen LogP contribution in [0.1, 0.15) is 10.4 Å². The number of nitrogens with zero attached hydrogens (tertiary/aromatic N) is 1. The van der Waals surface area contributed by atoms with Crippen molar-refractivity contribution < 1.29 is 21.6 Å². The number of anilines is 2. The molecule has 0 aliphatic heterocycles. The molecule has 3 aromatic carbocycles. The van der Waals surface area contributed by atoms with Crippen LogP contribution in [-0.4, -0.2) is 39.2 Å². The Balaban J connectivity index is 1.67. The number of aromatic amines is 1. The molecule has 164 valence electrons. The molecule has 0 unspecified atom stereocenters. The number of H-pyrrole nitrogens is 1. The molecular formula is C21H18N4O5S2. The first-order valence-electron chi connectivity index (χ1n) is 9.31. The molecule has 0 fully saturated rings. The number of fused-ring (bicyclic) bond motifs is 1. The first kappa shape index (κ1) is 21.5. The minimum Gasteiger partial charge on any atom is -0.305 e. The maximum Gasteiger partial charge on any atom is 0.263 e. The molecule has 3 N–H and O–H groups in total. The van der Waals surface area contributed by atoms with Crippen molar-refractivity contribution in [2.75, 3.05) is 16.3 Å². The largest absolute Gasteiger partial charge is 0.305 e. The van der Waals surface area contributed by atoms with Crippen molar-refractivity contribution >= 4 is 48.2 Å². The van der Waals surface area contributed by atoms with Crippen molar-refractivity contribution in [3.63, 3.8) is 0 Å². The van der Waals surface area contributed by atoms with Gasteiger partial charge in [0.25, 0.3) is 15.9 Å². The van der Waals surface area contributed by atoms with E-state index in [0.29, 0.717) is 16.5 Å². The third-order valence-electron chi connectivity index (χ3n) is 4.62. The van der Waals surface area contributed by atoms with Gasteiger partial charge in [0.1, 0.15) is 4.90 Å². The van der Waals surface area contributed by atoms with Crippen molar-refractivity contribution in [2.45, 2.75) is 9.79 Å². The lowest BCUT2D eigenvalue weighted by molar-refractivity contribution is 0.102. The molecule has 0 bridgehead atoms. The van der Waals surface area contributed by atoms with Crippen LogP contribution < -0.4 is 10.0 Å². The molecule has 0 aliphatic carbocycles. The Bertz CT molecular complexity index is 1530. The Labute approximate surface area is 184 Å². The summed E-state index contributed by atoms with van der Waals surface area (Å²) in [6.07, 6.45) is 0.945. The summed E-state index contributed by atoms with van der Waals surface area (Å²) in [5.74, 6) is -0.140. The highest BCUT2D eigenvalue weighted by atomic mass is 32.2. The zero-order valence-corrected chi connectivity index (χ0v) is 18.4. The third-order valence-corrected chi connectivity index (χ3v) is 7.34. The van der Waals surface area contributed by atoms with Gasteiger partial charge in [0, 0.05) is 22.9 Å². The molecule has 1 heterocycles. The number of hydrogen-bond donors (Lipinski definition) is 3. The second-order valence-corrected chi connectivity index (χ2v) is 10.6. The van der Waals surface area contributed by atoms with Gasteiger partial charge in [-0.1, -0.05) is 30.3 Å². The molecule has 1 amide bonds. The van der Waals surface area contributed by atoms with Crippen molar-refractivity contribution in [2.24, 2.45) is 0 Å². The van der Waals surface area contributed by atoms with Crippen molar-refractivity contribution in [3.05, 3.63) is 78.4 Å². The molecule has 1 aromatic heterocycles. The molecule has 4 rings (SSSR count). The van der Waals surface area contributed by atoms with E-state index in [1.807, 2.05) is 0 Å². The Kier molecular flexibility index (Phi) is 5.45. The fourth-order valence-electron chi connectivity index (χ4n) is 3.13. The first-order chi connectivity index (χ1) is 15.1. The van der Waals surface area contributed by atoms with Gasteiger partial charge in [0.15, 0.2) is 15.7 Å². The summed E-state index contributed by atoms with van der Waals surface area (Å²) in [4.78, 5) is 11.8. The van der Waals surface area contributed by atoms with Crippen LogP contribution in [0.3, 0.4) is 0 Å². The van der Waals surface area contributed by atoms with Gasteiger partial charge >= 0.3 is 0 Å². The van der Waals surface area contributed by atoms with Crippen LogP contribution in [0.15, 0.2) is 82.6 Å². The minimum atomic E-state index is -4.20. The van der Waals surface area contributed by atoms with E-state index in [1.54, 1.807) is 36.4 Å². The topological polar surface area (TPSA) is 138 Å². The molecule has 0 radical (unpaired) electrons. The summed E-state index contributed by atoms with van der Waals surface area (Å²) in [6.45, 7) is 0. The third kappa shape index (κ3) is 4.34. The number of benzene rings is 3.